The van der Waals surface area contributed by atoms with Crippen molar-refractivity contribution in [3.8, 4) is 0 Å². The van der Waals surface area contributed by atoms with Crippen molar-refractivity contribution in [2.24, 2.45) is 11.3 Å². The van der Waals surface area contributed by atoms with Crippen LogP contribution in [0.15, 0.2) is 24.3 Å². The van der Waals surface area contributed by atoms with Gasteiger partial charge in [-0.3, -0.25) is 15.1 Å². The molecule has 1 aromatic rings. The largest absolute Gasteiger partial charge is 0.299 e. The van der Waals surface area contributed by atoms with Crippen LogP contribution in [0.25, 0.3) is 0 Å². The molecular weight excluding hydrogens is 238 g/mol. The van der Waals surface area contributed by atoms with Gasteiger partial charge in [0.25, 0.3) is 5.91 Å². The second-order valence-corrected chi connectivity index (χ2v) is 6.09. The van der Waals surface area contributed by atoms with Crippen molar-refractivity contribution in [3.63, 3.8) is 0 Å². The topological polar surface area (TPSA) is 58.4 Å². The van der Waals surface area contributed by atoms with E-state index < -0.39 is 0 Å². The second kappa shape index (κ2) is 6.17. The molecule has 4 heteroatoms. The third-order valence-corrected chi connectivity index (χ3v) is 3.73. The van der Waals surface area contributed by atoms with E-state index in [1.807, 2.05) is 18.2 Å². The van der Waals surface area contributed by atoms with Crippen molar-refractivity contribution in [1.29, 1.82) is 0 Å². The average molecular weight is 263 g/mol. The van der Waals surface area contributed by atoms with Crippen LogP contribution in [0.3, 0.4) is 0 Å². The van der Waals surface area contributed by atoms with Gasteiger partial charge in [0.1, 0.15) is 0 Å². The summed E-state index contributed by atoms with van der Waals surface area (Å²) in [5.74, 6) is 4.98. The molecule has 106 valence electrons. The Morgan fingerprint density at radius 1 is 1.37 bits per heavy atom. The van der Waals surface area contributed by atoms with E-state index in [0.717, 1.165) is 12.1 Å². The van der Waals surface area contributed by atoms with Gasteiger partial charge in [0.2, 0.25) is 0 Å². The van der Waals surface area contributed by atoms with Crippen LogP contribution >= 0.6 is 0 Å². The quantitative estimate of drug-likeness (QED) is 0.497. The fourth-order valence-corrected chi connectivity index (χ4v) is 2.02. The zero-order valence-corrected chi connectivity index (χ0v) is 12.5. The van der Waals surface area contributed by atoms with Crippen LogP contribution in [-0.4, -0.2) is 23.9 Å². The molecule has 0 saturated carbocycles. The number of rotatable bonds is 4. The molecule has 19 heavy (non-hydrogen) atoms. The Hall–Kier alpha value is -1.39. The molecule has 0 radical (unpaired) electrons. The second-order valence-electron chi connectivity index (χ2n) is 6.09. The molecule has 0 spiro atoms. The summed E-state index contributed by atoms with van der Waals surface area (Å²) in [5, 5.41) is 0. The Labute approximate surface area is 115 Å². The normalized spacial score (nSPS) is 13.4. The van der Waals surface area contributed by atoms with Crippen molar-refractivity contribution in [2.75, 3.05) is 7.05 Å². The first kappa shape index (κ1) is 15.7. The van der Waals surface area contributed by atoms with Crippen molar-refractivity contribution in [3.05, 3.63) is 35.4 Å². The number of hydrogen-bond donors (Lipinski definition) is 2. The molecule has 0 aliphatic carbocycles. The predicted octanol–water partition coefficient (Wildman–Crippen LogP) is 2.16. The third-order valence-electron chi connectivity index (χ3n) is 3.73. The molecule has 0 saturated heterocycles. The van der Waals surface area contributed by atoms with Gasteiger partial charge in [-0.2, -0.15) is 0 Å². The third kappa shape index (κ3) is 4.04. The van der Waals surface area contributed by atoms with Crippen LogP contribution in [0.1, 0.15) is 43.6 Å². The maximum atomic E-state index is 11.7. The molecule has 3 N–H and O–H groups in total. The number of carbonyl (C=O) groups is 1. The minimum atomic E-state index is -0.243. The van der Waals surface area contributed by atoms with Crippen LogP contribution < -0.4 is 11.3 Å². The fraction of sp³-hybridized carbons (Fsp3) is 0.533. The summed E-state index contributed by atoms with van der Waals surface area (Å²) in [4.78, 5) is 14.0. The van der Waals surface area contributed by atoms with Crippen LogP contribution in [0.5, 0.6) is 0 Å². The summed E-state index contributed by atoms with van der Waals surface area (Å²) in [6, 6.07) is 7.96. The molecule has 1 atom stereocenters. The lowest BCUT2D eigenvalue weighted by Crippen LogP contribution is -2.39. The number of hydrazine groups is 1. The molecule has 1 rings (SSSR count). The first-order valence-corrected chi connectivity index (χ1v) is 6.56. The molecular formula is C15H25N3O. The van der Waals surface area contributed by atoms with E-state index in [1.54, 1.807) is 6.07 Å². The van der Waals surface area contributed by atoms with E-state index in [0.29, 0.717) is 11.6 Å². The average Bonchev–Trinajstić information content (AvgIpc) is 2.36. The molecule has 0 bridgehead atoms. The Morgan fingerprint density at radius 3 is 2.47 bits per heavy atom. The maximum Gasteiger partial charge on any atom is 0.265 e. The van der Waals surface area contributed by atoms with E-state index in [-0.39, 0.29) is 11.3 Å². The van der Waals surface area contributed by atoms with E-state index >= 15 is 0 Å². The highest BCUT2D eigenvalue weighted by molar-refractivity contribution is 5.95. The highest BCUT2D eigenvalue weighted by Gasteiger charge is 2.24. The van der Waals surface area contributed by atoms with Gasteiger partial charge in [-0.25, -0.2) is 5.84 Å². The maximum absolute atomic E-state index is 11.7. The first-order chi connectivity index (χ1) is 8.77. The zero-order chi connectivity index (χ0) is 14.6. The Bertz CT molecular complexity index is 437. The Morgan fingerprint density at radius 2 is 1.95 bits per heavy atom. The molecule has 0 aliphatic heterocycles. The molecule has 0 heterocycles. The summed E-state index contributed by atoms with van der Waals surface area (Å²) in [6.45, 7) is 9.57. The van der Waals surface area contributed by atoms with E-state index in [4.69, 9.17) is 5.84 Å². The first-order valence-electron chi connectivity index (χ1n) is 6.56. The molecule has 1 aromatic carbocycles. The number of nitrogen functional groups attached to an aromatic ring is 1. The molecule has 0 fully saturated rings. The summed E-state index contributed by atoms with van der Waals surface area (Å²) in [5.41, 5.74) is 4.02. The number of carbonyl (C=O) groups excluding carboxylic acids is 1. The summed E-state index contributed by atoms with van der Waals surface area (Å²) < 4.78 is 0. The van der Waals surface area contributed by atoms with Gasteiger partial charge in [0.05, 0.1) is 0 Å². The Kier molecular flexibility index (Phi) is 5.09. The Balaban J connectivity index is 2.91. The number of nitrogens with one attached hydrogen (secondary N) is 1. The van der Waals surface area contributed by atoms with Gasteiger partial charge >= 0.3 is 0 Å². The van der Waals surface area contributed by atoms with Gasteiger partial charge in [-0.15, -0.1) is 0 Å². The summed E-state index contributed by atoms with van der Waals surface area (Å²) in [6.07, 6.45) is 0. The van der Waals surface area contributed by atoms with Crippen molar-refractivity contribution >= 4 is 5.91 Å². The van der Waals surface area contributed by atoms with Crippen LogP contribution in [0.4, 0.5) is 0 Å². The molecule has 1 amide bonds. The van der Waals surface area contributed by atoms with Crippen LogP contribution in [0.2, 0.25) is 0 Å². The standard InChI is InChI=1S/C15H25N3O/c1-11(15(2,3)4)18(5)10-12-8-6-7-9-13(12)14(19)17-16/h6-9,11H,10,16H2,1-5H3,(H,17,19). The molecule has 1 unspecified atom stereocenters. The molecule has 0 aromatic heterocycles. The van der Waals surface area contributed by atoms with Crippen LogP contribution in [-0.2, 0) is 6.54 Å². The lowest BCUT2D eigenvalue weighted by molar-refractivity contribution is 0.0949. The van der Waals surface area contributed by atoms with E-state index in [2.05, 4.69) is 45.1 Å². The van der Waals surface area contributed by atoms with Gasteiger partial charge in [0.15, 0.2) is 0 Å². The molecule has 0 aliphatic rings. The molecule has 4 nitrogen and oxygen atoms in total. The number of hydrogen-bond acceptors (Lipinski definition) is 3. The summed E-state index contributed by atoms with van der Waals surface area (Å²) in [7, 11) is 2.08. The van der Waals surface area contributed by atoms with Crippen LogP contribution in [0, 0.1) is 5.41 Å². The van der Waals surface area contributed by atoms with Crippen molar-refractivity contribution in [2.45, 2.75) is 40.3 Å². The monoisotopic (exact) mass is 263 g/mol. The number of benzene rings is 1. The highest BCUT2D eigenvalue weighted by Crippen LogP contribution is 2.24. The highest BCUT2D eigenvalue weighted by atomic mass is 16.2. The minimum Gasteiger partial charge on any atom is -0.299 e. The minimum absolute atomic E-state index is 0.194. The number of nitrogens with zero attached hydrogens (tertiary/aromatic N) is 1. The predicted molar refractivity (Wildman–Crippen MR) is 78.5 cm³/mol. The van der Waals surface area contributed by atoms with Gasteiger partial charge < -0.3 is 0 Å². The SMILES string of the molecule is CC(N(C)Cc1ccccc1C(=O)NN)C(C)(C)C. The van der Waals surface area contributed by atoms with Crippen molar-refractivity contribution in [1.82, 2.24) is 10.3 Å². The van der Waals surface area contributed by atoms with Crippen molar-refractivity contribution < 1.29 is 4.79 Å². The lowest BCUT2D eigenvalue weighted by atomic mass is 9.87. The smallest absolute Gasteiger partial charge is 0.265 e. The number of amides is 1. The van der Waals surface area contributed by atoms with Gasteiger partial charge in [0, 0.05) is 18.2 Å². The van der Waals surface area contributed by atoms with E-state index in [9.17, 15) is 4.79 Å². The zero-order valence-electron chi connectivity index (χ0n) is 12.5. The van der Waals surface area contributed by atoms with Gasteiger partial charge in [-0.05, 0) is 31.0 Å². The van der Waals surface area contributed by atoms with E-state index in [1.165, 1.54) is 0 Å². The lowest BCUT2D eigenvalue weighted by Gasteiger charge is -2.35. The van der Waals surface area contributed by atoms with Gasteiger partial charge in [-0.1, -0.05) is 39.0 Å². The fourth-order valence-electron chi connectivity index (χ4n) is 2.02. The summed E-state index contributed by atoms with van der Waals surface area (Å²) >= 11 is 0. The number of nitrogens with two attached hydrogens (primary N) is 1.